The molecule has 1 aliphatic rings. The summed E-state index contributed by atoms with van der Waals surface area (Å²) in [4.78, 5) is 2.64. The molecular weight excluding hydrogens is 196 g/mol. The molecule has 0 aromatic heterocycles. The van der Waals surface area contributed by atoms with Crippen molar-refractivity contribution in [2.45, 2.75) is 58.9 Å². The predicted octanol–water partition coefficient (Wildman–Crippen LogP) is 2.87. The van der Waals surface area contributed by atoms with Gasteiger partial charge in [-0.1, -0.05) is 27.7 Å². The summed E-state index contributed by atoms with van der Waals surface area (Å²) in [6.07, 6.45) is 5.30. The first-order chi connectivity index (χ1) is 7.54. The number of rotatable bonds is 5. The van der Waals surface area contributed by atoms with Gasteiger partial charge in [-0.3, -0.25) is 4.90 Å². The highest BCUT2D eigenvalue weighted by Gasteiger charge is 2.37. The lowest BCUT2D eigenvalue weighted by Gasteiger charge is -2.47. The zero-order valence-corrected chi connectivity index (χ0v) is 11.6. The van der Waals surface area contributed by atoms with Crippen molar-refractivity contribution in [3.8, 4) is 0 Å². The minimum Gasteiger partial charge on any atom is -0.329 e. The zero-order valence-electron chi connectivity index (χ0n) is 11.6. The van der Waals surface area contributed by atoms with Crippen molar-refractivity contribution in [3.63, 3.8) is 0 Å². The van der Waals surface area contributed by atoms with Crippen LogP contribution >= 0.6 is 0 Å². The first-order valence-corrected chi connectivity index (χ1v) is 6.99. The number of nitrogens with two attached hydrogens (primary N) is 1. The summed E-state index contributed by atoms with van der Waals surface area (Å²) in [6.45, 7) is 12.4. The van der Waals surface area contributed by atoms with Crippen LogP contribution in [0.4, 0.5) is 0 Å². The third-order valence-electron chi connectivity index (χ3n) is 4.22. The summed E-state index contributed by atoms with van der Waals surface area (Å²) in [7, 11) is 0. The van der Waals surface area contributed by atoms with Gasteiger partial charge in [0.2, 0.25) is 0 Å². The summed E-state index contributed by atoms with van der Waals surface area (Å²) in [5.74, 6) is 1.64. The Morgan fingerprint density at radius 3 is 2.25 bits per heavy atom. The Kier molecular flexibility index (Phi) is 5.26. The van der Waals surface area contributed by atoms with Crippen LogP contribution in [0.25, 0.3) is 0 Å². The van der Waals surface area contributed by atoms with E-state index in [0.29, 0.717) is 5.54 Å². The largest absolute Gasteiger partial charge is 0.329 e. The fraction of sp³-hybridized carbons (Fsp3) is 1.00. The fourth-order valence-corrected chi connectivity index (χ4v) is 3.05. The molecule has 0 aromatic carbocycles. The van der Waals surface area contributed by atoms with Crippen LogP contribution in [-0.4, -0.2) is 30.1 Å². The van der Waals surface area contributed by atoms with E-state index < -0.39 is 0 Å². The highest BCUT2D eigenvalue weighted by molar-refractivity contribution is 4.95. The van der Waals surface area contributed by atoms with Crippen molar-refractivity contribution in [2.24, 2.45) is 17.6 Å². The second-order valence-corrected chi connectivity index (χ2v) is 6.04. The van der Waals surface area contributed by atoms with Crippen molar-refractivity contribution < 1.29 is 0 Å². The Hall–Kier alpha value is -0.0800. The van der Waals surface area contributed by atoms with E-state index in [4.69, 9.17) is 5.73 Å². The average molecular weight is 226 g/mol. The van der Waals surface area contributed by atoms with Crippen LogP contribution in [0.2, 0.25) is 0 Å². The third kappa shape index (κ3) is 3.21. The highest BCUT2D eigenvalue weighted by Crippen LogP contribution is 2.36. The van der Waals surface area contributed by atoms with Crippen LogP contribution in [0.5, 0.6) is 0 Å². The summed E-state index contributed by atoms with van der Waals surface area (Å²) >= 11 is 0. The van der Waals surface area contributed by atoms with Gasteiger partial charge in [0.25, 0.3) is 0 Å². The van der Waals surface area contributed by atoms with Gasteiger partial charge in [-0.25, -0.2) is 0 Å². The molecule has 2 N–H and O–H groups in total. The monoisotopic (exact) mass is 226 g/mol. The minimum absolute atomic E-state index is 0.311. The maximum absolute atomic E-state index is 6.09. The SMILES string of the molecule is CCN(CC(C)C)C1(CN)CCC(C)CC1. The molecule has 0 aromatic rings. The van der Waals surface area contributed by atoms with E-state index in [1.165, 1.54) is 32.2 Å². The van der Waals surface area contributed by atoms with Gasteiger partial charge in [-0.05, 0) is 44.1 Å². The quantitative estimate of drug-likeness (QED) is 0.781. The second kappa shape index (κ2) is 6.02. The van der Waals surface area contributed by atoms with E-state index in [1.807, 2.05) is 0 Å². The molecule has 1 fully saturated rings. The topological polar surface area (TPSA) is 29.3 Å². The summed E-state index contributed by atoms with van der Waals surface area (Å²) in [5.41, 5.74) is 6.41. The molecule has 1 rings (SSSR count). The summed E-state index contributed by atoms with van der Waals surface area (Å²) in [5, 5.41) is 0. The van der Waals surface area contributed by atoms with Crippen LogP contribution in [0.15, 0.2) is 0 Å². The van der Waals surface area contributed by atoms with Gasteiger partial charge in [-0.15, -0.1) is 0 Å². The van der Waals surface area contributed by atoms with E-state index in [0.717, 1.165) is 24.9 Å². The molecule has 0 bridgehead atoms. The first-order valence-electron chi connectivity index (χ1n) is 6.99. The number of likely N-dealkylation sites (N-methyl/N-ethyl adjacent to an activating group) is 1. The van der Waals surface area contributed by atoms with Crippen molar-refractivity contribution >= 4 is 0 Å². The number of hydrogen-bond acceptors (Lipinski definition) is 2. The van der Waals surface area contributed by atoms with Crippen molar-refractivity contribution in [1.29, 1.82) is 0 Å². The van der Waals surface area contributed by atoms with Gasteiger partial charge in [0.05, 0.1) is 0 Å². The molecule has 0 aliphatic heterocycles. The lowest BCUT2D eigenvalue weighted by molar-refractivity contribution is 0.0398. The Morgan fingerprint density at radius 1 is 1.31 bits per heavy atom. The molecule has 0 saturated heterocycles. The van der Waals surface area contributed by atoms with Gasteiger partial charge in [0.15, 0.2) is 0 Å². The highest BCUT2D eigenvalue weighted by atomic mass is 15.2. The molecule has 0 amide bonds. The van der Waals surface area contributed by atoms with Crippen molar-refractivity contribution in [3.05, 3.63) is 0 Å². The molecule has 0 unspecified atom stereocenters. The van der Waals surface area contributed by atoms with Gasteiger partial charge in [0, 0.05) is 18.6 Å². The second-order valence-electron chi connectivity index (χ2n) is 6.04. The lowest BCUT2D eigenvalue weighted by Crippen LogP contribution is -2.56. The molecule has 0 atom stereocenters. The number of hydrogen-bond donors (Lipinski definition) is 1. The van der Waals surface area contributed by atoms with Gasteiger partial charge in [0.1, 0.15) is 0 Å². The number of nitrogens with zero attached hydrogens (tertiary/aromatic N) is 1. The zero-order chi connectivity index (χ0) is 12.2. The first kappa shape index (κ1) is 14.0. The van der Waals surface area contributed by atoms with Crippen molar-refractivity contribution in [2.75, 3.05) is 19.6 Å². The Labute approximate surface area is 102 Å². The molecule has 0 spiro atoms. The Balaban J connectivity index is 2.69. The van der Waals surface area contributed by atoms with Crippen LogP contribution in [0.1, 0.15) is 53.4 Å². The van der Waals surface area contributed by atoms with Gasteiger partial charge >= 0.3 is 0 Å². The van der Waals surface area contributed by atoms with E-state index in [9.17, 15) is 0 Å². The standard InChI is InChI=1S/C14H30N2/c1-5-16(10-12(2)3)14(11-15)8-6-13(4)7-9-14/h12-13H,5-11,15H2,1-4H3. The molecule has 96 valence electrons. The van der Waals surface area contributed by atoms with Crippen LogP contribution < -0.4 is 5.73 Å². The van der Waals surface area contributed by atoms with E-state index >= 15 is 0 Å². The summed E-state index contributed by atoms with van der Waals surface area (Å²) in [6, 6.07) is 0. The third-order valence-corrected chi connectivity index (χ3v) is 4.22. The molecular formula is C14H30N2. The Morgan fingerprint density at radius 2 is 1.88 bits per heavy atom. The summed E-state index contributed by atoms with van der Waals surface area (Å²) < 4.78 is 0. The lowest BCUT2D eigenvalue weighted by atomic mass is 9.75. The molecule has 16 heavy (non-hydrogen) atoms. The normalized spacial score (nSPS) is 31.3. The minimum atomic E-state index is 0.311. The molecule has 2 nitrogen and oxygen atoms in total. The Bertz CT molecular complexity index is 193. The molecule has 0 heterocycles. The van der Waals surface area contributed by atoms with E-state index in [-0.39, 0.29) is 0 Å². The fourth-order valence-electron chi connectivity index (χ4n) is 3.05. The van der Waals surface area contributed by atoms with E-state index in [1.54, 1.807) is 0 Å². The maximum Gasteiger partial charge on any atom is 0.0331 e. The maximum atomic E-state index is 6.09. The van der Waals surface area contributed by atoms with Crippen LogP contribution in [0.3, 0.4) is 0 Å². The molecule has 0 radical (unpaired) electrons. The van der Waals surface area contributed by atoms with Gasteiger partial charge < -0.3 is 5.73 Å². The predicted molar refractivity (Wildman–Crippen MR) is 71.5 cm³/mol. The van der Waals surface area contributed by atoms with Crippen LogP contribution in [0, 0.1) is 11.8 Å². The smallest absolute Gasteiger partial charge is 0.0331 e. The van der Waals surface area contributed by atoms with E-state index in [2.05, 4.69) is 32.6 Å². The molecule has 2 heteroatoms. The van der Waals surface area contributed by atoms with Crippen LogP contribution in [-0.2, 0) is 0 Å². The van der Waals surface area contributed by atoms with Crippen molar-refractivity contribution in [1.82, 2.24) is 4.90 Å². The average Bonchev–Trinajstić information content (AvgIpc) is 2.27. The van der Waals surface area contributed by atoms with Gasteiger partial charge in [-0.2, -0.15) is 0 Å². The molecule has 1 saturated carbocycles. The molecule has 1 aliphatic carbocycles.